The number of aromatic amines is 1. The van der Waals surface area contributed by atoms with Crippen molar-refractivity contribution in [3.05, 3.63) is 76.2 Å². The Morgan fingerprint density at radius 1 is 1.07 bits per heavy atom. The Bertz CT molecular complexity index is 1060. The lowest BCUT2D eigenvalue weighted by Gasteiger charge is -2.21. The summed E-state index contributed by atoms with van der Waals surface area (Å²) >= 11 is 0. The van der Waals surface area contributed by atoms with E-state index in [1.807, 2.05) is 37.3 Å². The van der Waals surface area contributed by atoms with E-state index in [1.54, 1.807) is 24.3 Å². The molecule has 0 aliphatic rings. The summed E-state index contributed by atoms with van der Waals surface area (Å²) in [6, 6.07) is 16.1. The van der Waals surface area contributed by atoms with Crippen molar-refractivity contribution in [3.63, 3.8) is 0 Å². The van der Waals surface area contributed by atoms with E-state index in [0.29, 0.717) is 10.8 Å². The predicted molar refractivity (Wildman–Crippen MR) is 109 cm³/mol. The minimum atomic E-state index is -1.02. The second-order valence-corrected chi connectivity index (χ2v) is 6.75. The van der Waals surface area contributed by atoms with Crippen LogP contribution in [0.25, 0.3) is 10.8 Å². The zero-order valence-electron chi connectivity index (χ0n) is 16.3. The average Bonchev–Trinajstić information content (AvgIpc) is 2.74. The first kappa shape index (κ1) is 20.3. The van der Waals surface area contributed by atoms with Crippen molar-refractivity contribution in [2.45, 2.75) is 38.8 Å². The number of H-pyrrole nitrogens is 1. The van der Waals surface area contributed by atoms with Crippen LogP contribution in [0.1, 0.15) is 48.8 Å². The monoisotopic (exact) mass is 393 g/mol. The number of amides is 1. The third kappa shape index (κ3) is 4.68. The Balaban J connectivity index is 1.73. The van der Waals surface area contributed by atoms with Crippen LogP contribution >= 0.6 is 0 Å². The summed E-state index contributed by atoms with van der Waals surface area (Å²) in [7, 11) is 0. The standard InChI is InChI=1S/C22H23N3O4/c1-3-9-18(15-10-5-4-6-11-15)23-20(26)14(2)29-22(28)19-16-12-7-8-13-17(16)21(27)25-24-19/h4-8,10-14,18H,3,9H2,1-2H3,(H,23,26)(H,25,27)/t14-,18-/m0/s1. The molecule has 2 aromatic carbocycles. The molecule has 0 radical (unpaired) electrons. The number of carbonyl (C=O) groups is 2. The highest BCUT2D eigenvalue weighted by Crippen LogP contribution is 2.19. The van der Waals surface area contributed by atoms with Crippen LogP contribution in [0.3, 0.4) is 0 Å². The van der Waals surface area contributed by atoms with Crippen LogP contribution in [0.5, 0.6) is 0 Å². The Labute approximate surface area is 168 Å². The van der Waals surface area contributed by atoms with Crippen molar-refractivity contribution in [1.82, 2.24) is 15.5 Å². The number of rotatable bonds is 7. The van der Waals surface area contributed by atoms with Crippen LogP contribution in [0.15, 0.2) is 59.4 Å². The minimum absolute atomic E-state index is 0.0342. The number of fused-ring (bicyclic) bond motifs is 1. The van der Waals surface area contributed by atoms with Gasteiger partial charge in [0.15, 0.2) is 11.8 Å². The molecular weight excluding hydrogens is 370 g/mol. The van der Waals surface area contributed by atoms with E-state index < -0.39 is 23.5 Å². The maximum Gasteiger partial charge on any atom is 0.360 e. The van der Waals surface area contributed by atoms with E-state index in [-0.39, 0.29) is 11.7 Å². The Kier molecular flexibility index (Phi) is 6.39. The highest BCUT2D eigenvalue weighted by atomic mass is 16.5. The summed E-state index contributed by atoms with van der Waals surface area (Å²) in [5, 5.41) is 9.75. The molecular formula is C22H23N3O4. The zero-order chi connectivity index (χ0) is 20.8. The number of hydrogen-bond donors (Lipinski definition) is 2. The van der Waals surface area contributed by atoms with Gasteiger partial charge >= 0.3 is 5.97 Å². The van der Waals surface area contributed by atoms with Gasteiger partial charge in [0.2, 0.25) is 0 Å². The van der Waals surface area contributed by atoms with Gasteiger partial charge in [-0.2, -0.15) is 5.10 Å². The van der Waals surface area contributed by atoms with E-state index in [2.05, 4.69) is 15.5 Å². The van der Waals surface area contributed by atoms with Crippen molar-refractivity contribution < 1.29 is 14.3 Å². The average molecular weight is 393 g/mol. The molecule has 0 unspecified atom stereocenters. The number of aromatic nitrogens is 2. The van der Waals surface area contributed by atoms with E-state index in [9.17, 15) is 14.4 Å². The molecule has 2 atom stereocenters. The summed E-state index contributed by atoms with van der Waals surface area (Å²) in [6.45, 7) is 3.55. The molecule has 7 heteroatoms. The minimum Gasteiger partial charge on any atom is -0.448 e. The third-order valence-electron chi connectivity index (χ3n) is 4.64. The van der Waals surface area contributed by atoms with E-state index >= 15 is 0 Å². The highest BCUT2D eigenvalue weighted by Gasteiger charge is 2.24. The fraction of sp³-hybridized carbons (Fsp3) is 0.273. The Morgan fingerprint density at radius 2 is 1.72 bits per heavy atom. The maximum atomic E-state index is 12.6. The lowest BCUT2D eigenvalue weighted by atomic mass is 10.0. The van der Waals surface area contributed by atoms with Gasteiger partial charge in [0, 0.05) is 5.39 Å². The summed E-state index contributed by atoms with van der Waals surface area (Å²) < 4.78 is 5.33. The van der Waals surface area contributed by atoms with Crippen molar-refractivity contribution in [3.8, 4) is 0 Å². The molecule has 7 nitrogen and oxygen atoms in total. The number of nitrogens with zero attached hydrogens (tertiary/aromatic N) is 1. The molecule has 150 valence electrons. The van der Waals surface area contributed by atoms with Gasteiger partial charge in [0.25, 0.3) is 11.5 Å². The molecule has 0 spiro atoms. The number of esters is 1. The maximum absolute atomic E-state index is 12.6. The van der Waals surface area contributed by atoms with Crippen molar-refractivity contribution in [2.75, 3.05) is 0 Å². The lowest BCUT2D eigenvalue weighted by Crippen LogP contribution is -2.38. The molecule has 1 amide bonds. The quantitative estimate of drug-likeness (QED) is 0.601. The topological polar surface area (TPSA) is 101 Å². The first-order valence-corrected chi connectivity index (χ1v) is 9.55. The van der Waals surface area contributed by atoms with Gasteiger partial charge in [-0.05, 0) is 25.0 Å². The normalized spacial score (nSPS) is 12.9. The Morgan fingerprint density at radius 3 is 2.41 bits per heavy atom. The Hall–Kier alpha value is -3.48. The molecule has 3 aromatic rings. The lowest BCUT2D eigenvalue weighted by molar-refractivity contribution is -0.129. The smallest absolute Gasteiger partial charge is 0.360 e. The SMILES string of the molecule is CCC[C@H](NC(=O)[C@H](C)OC(=O)c1n[nH]c(=O)c2ccccc12)c1ccccc1. The second-order valence-electron chi connectivity index (χ2n) is 6.75. The van der Waals surface area contributed by atoms with Gasteiger partial charge in [-0.25, -0.2) is 9.89 Å². The van der Waals surface area contributed by atoms with Crippen LogP contribution in [-0.4, -0.2) is 28.2 Å². The fourth-order valence-electron chi connectivity index (χ4n) is 3.13. The van der Waals surface area contributed by atoms with Crippen molar-refractivity contribution in [2.24, 2.45) is 0 Å². The van der Waals surface area contributed by atoms with Gasteiger partial charge < -0.3 is 10.1 Å². The van der Waals surface area contributed by atoms with Crippen LogP contribution < -0.4 is 10.9 Å². The number of benzene rings is 2. The summed E-state index contributed by atoms with van der Waals surface area (Å²) in [6.07, 6.45) is 0.641. The molecule has 0 aliphatic carbocycles. The molecule has 0 saturated carbocycles. The van der Waals surface area contributed by atoms with Crippen LogP contribution in [0, 0.1) is 0 Å². The molecule has 0 aliphatic heterocycles. The van der Waals surface area contributed by atoms with E-state index in [1.165, 1.54) is 6.92 Å². The summed E-state index contributed by atoms with van der Waals surface area (Å²) in [4.78, 5) is 37.1. The largest absolute Gasteiger partial charge is 0.448 e. The highest BCUT2D eigenvalue weighted by molar-refractivity contribution is 6.02. The molecule has 0 saturated heterocycles. The number of hydrogen-bond acceptors (Lipinski definition) is 5. The first-order valence-electron chi connectivity index (χ1n) is 9.55. The number of nitrogens with one attached hydrogen (secondary N) is 2. The van der Waals surface area contributed by atoms with Crippen LogP contribution in [0.2, 0.25) is 0 Å². The van der Waals surface area contributed by atoms with Gasteiger partial charge in [-0.3, -0.25) is 9.59 Å². The van der Waals surface area contributed by atoms with E-state index in [0.717, 1.165) is 18.4 Å². The summed E-state index contributed by atoms with van der Waals surface area (Å²) in [5.41, 5.74) is 0.566. The van der Waals surface area contributed by atoms with Crippen LogP contribution in [0.4, 0.5) is 0 Å². The summed E-state index contributed by atoms with van der Waals surface area (Å²) in [5.74, 6) is -1.17. The van der Waals surface area contributed by atoms with Crippen molar-refractivity contribution >= 4 is 22.6 Å². The van der Waals surface area contributed by atoms with Gasteiger partial charge in [0.05, 0.1) is 11.4 Å². The number of ether oxygens (including phenoxy) is 1. The molecule has 1 heterocycles. The molecule has 3 rings (SSSR count). The zero-order valence-corrected chi connectivity index (χ0v) is 16.3. The van der Waals surface area contributed by atoms with E-state index in [4.69, 9.17) is 4.74 Å². The van der Waals surface area contributed by atoms with Crippen LogP contribution in [-0.2, 0) is 9.53 Å². The molecule has 29 heavy (non-hydrogen) atoms. The molecule has 0 bridgehead atoms. The molecule has 1 aromatic heterocycles. The van der Waals surface area contributed by atoms with Crippen molar-refractivity contribution in [1.29, 1.82) is 0 Å². The predicted octanol–water partition coefficient (Wildman–Crippen LogP) is 3.13. The molecule has 0 fully saturated rings. The molecule has 2 N–H and O–H groups in total. The fourth-order valence-corrected chi connectivity index (χ4v) is 3.13. The second kappa shape index (κ2) is 9.14. The van der Waals surface area contributed by atoms with Gasteiger partial charge in [-0.1, -0.05) is 61.9 Å². The number of carbonyl (C=O) groups excluding carboxylic acids is 2. The van der Waals surface area contributed by atoms with Gasteiger partial charge in [0.1, 0.15) is 0 Å². The van der Waals surface area contributed by atoms with Gasteiger partial charge in [-0.15, -0.1) is 0 Å². The third-order valence-corrected chi connectivity index (χ3v) is 4.64. The first-order chi connectivity index (χ1) is 14.0.